The molecule has 11 nitrogen and oxygen atoms in total. The molecule has 2 heterocycles. The Morgan fingerprint density at radius 2 is 1.68 bits per heavy atom. The zero-order valence-electron chi connectivity index (χ0n) is 18.7. The zero-order chi connectivity index (χ0) is 24.1. The summed E-state index contributed by atoms with van der Waals surface area (Å²) in [5.41, 5.74) is -0.441. The van der Waals surface area contributed by atoms with E-state index in [9.17, 15) is 23.3 Å². The van der Waals surface area contributed by atoms with Crippen molar-refractivity contribution in [2.75, 3.05) is 37.6 Å². The Morgan fingerprint density at radius 3 is 2.32 bits per heavy atom. The van der Waals surface area contributed by atoms with Crippen molar-refractivity contribution < 1.29 is 18.1 Å². The van der Waals surface area contributed by atoms with Gasteiger partial charge in [0.25, 0.3) is 5.69 Å². The van der Waals surface area contributed by atoms with E-state index in [0.717, 1.165) is 12.8 Å². The lowest BCUT2D eigenvalue weighted by molar-refractivity contribution is -0.387. The number of anilines is 1. The number of para-hydroxylation sites is 1. The van der Waals surface area contributed by atoms with Crippen molar-refractivity contribution in [3.63, 3.8) is 0 Å². The summed E-state index contributed by atoms with van der Waals surface area (Å²) < 4.78 is 27.8. The van der Waals surface area contributed by atoms with Gasteiger partial charge in [0.1, 0.15) is 0 Å². The highest BCUT2D eigenvalue weighted by Crippen LogP contribution is 2.31. The molecule has 1 aliphatic heterocycles. The van der Waals surface area contributed by atoms with Gasteiger partial charge in [0.05, 0.1) is 4.92 Å². The molecule has 0 bridgehead atoms. The van der Waals surface area contributed by atoms with E-state index in [-0.39, 0.29) is 29.2 Å². The molecule has 1 N–H and O–H groups in total. The van der Waals surface area contributed by atoms with E-state index in [1.165, 1.54) is 24.3 Å². The maximum atomic E-state index is 13.0. The second-order valence-electron chi connectivity index (χ2n) is 8.66. The lowest BCUT2D eigenvalue weighted by atomic mass is 9.81. The Kier molecular flexibility index (Phi) is 7.37. The van der Waals surface area contributed by atoms with Crippen LogP contribution in [0.4, 0.5) is 11.6 Å². The number of piperazine rings is 1. The van der Waals surface area contributed by atoms with Gasteiger partial charge in [0.15, 0.2) is 4.90 Å². The SMILES string of the molecule is O=C(C1CCC(CNS(=O)(=O)c2ccccc2[N+](=O)[O-])CC1)N1CCN(c2ncccn2)CC1. The lowest BCUT2D eigenvalue weighted by Crippen LogP contribution is -2.51. The minimum Gasteiger partial charge on any atom is -0.339 e. The second kappa shape index (κ2) is 10.4. The van der Waals surface area contributed by atoms with Crippen LogP contribution in [0.1, 0.15) is 25.7 Å². The molecule has 182 valence electrons. The van der Waals surface area contributed by atoms with Gasteiger partial charge < -0.3 is 9.80 Å². The third-order valence-electron chi connectivity index (χ3n) is 6.54. The Morgan fingerprint density at radius 1 is 1.03 bits per heavy atom. The molecule has 4 rings (SSSR count). The van der Waals surface area contributed by atoms with E-state index in [4.69, 9.17) is 0 Å². The number of hydrogen-bond donors (Lipinski definition) is 1. The van der Waals surface area contributed by atoms with Crippen LogP contribution in [-0.2, 0) is 14.8 Å². The van der Waals surface area contributed by atoms with Gasteiger partial charge in [-0.1, -0.05) is 12.1 Å². The van der Waals surface area contributed by atoms with E-state index >= 15 is 0 Å². The first-order chi connectivity index (χ1) is 16.3. The van der Waals surface area contributed by atoms with Gasteiger partial charge in [0, 0.05) is 57.1 Å². The standard InChI is InChI=1S/C22H28N6O5S/c29-21(26-12-14-27(15-13-26)22-23-10-3-11-24-22)18-8-6-17(7-9-18)16-25-34(32,33)20-5-2-1-4-19(20)28(30)31/h1-5,10-11,17-18,25H,6-9,12-16H2. The van der Waals surface area contributed by atoms with Crippen LogP contribution in [0, 0.1) is 22.0 Å². The molecule has 0 radical (unpaired) electrons. The van der Waals surface area contributed by atoms with E-state index in [2.05, 4.69) is 19.6 Å². The van der Waals surface area contributed by atoms with Crippen molar-refractivity contribution in [3.8, 4) is 0 Å². The number of nitro benzene ring substituents is 1. The number of amides is 1. The number of carbonyl (C=O) groups is 1. The molecule has 34 heavy (non-hydrogen) atoms. The highest BCUT2D eigenvalue weighted by molar-refractivity contribution is 7.89. The number of aromatic nitrogens is 2. The van der Waals surface area contributed by atoms with Gasteiger partial charge in [-0.2, -0.15) is 0 Å². The zero-order valence-corrected chi connectivity index (χ0v) is 19.6. The summed E-state index contributed by atoms with van der Waals surface area (Å²) in [7, 11) is -3.99. The van der Waals surface area contributed by atoms with Crippen molar-refractivity contribution in [2.45, 2.75) is 30.6 Å². The number of sulfonamides is 1. The van der Waals surface area contributed by atoms with Crippen LogP contribution in [-0.4, -0.2) is 66.8 Å². The van der Waals surface area contributed by atoms with Crippen molar-refractivity contribution in [2.24, 2.45) is 11.8 Å². The third-order valence-corrected chi connectivity index (χ3v) is 8.01. The van der Waals surface area contributed by atoms with Gasteiger partial charge in [-0.05, 0) is 43.7 Å². The summed E-state index contributed by atoms with van der Waals surface area (Å²) in [6, 6.07) is 7.09. The average Bonchev–Trinajstić information content (AvgIpc) is 2.88. The van der Waals surface area contributed by atoms with Gasteiger partial charge in [-0.3, -0.25) is 14.9 Å². The summed E-state index contributed by atoms with van der Waals surface area (Å²) in [5.74, 6) is 0.877. The van der Waals surface area contributed by atoms with E-state index in [0.29, 0.717) is 45.0 Å². The van der Waals surface area contributed by atoms with Crippen LogP contribution in [0.15, 0.2) is 47.6 Å². The van der Waals surface area contributed by atoms with Crippen molar-refractivity contribution >= 4 is 27.6 Å². The van der Waals surface area contributed by atoms with Gasteiger partial charge in [-0.25, -0.2) is 23.1 Å². The van der Waals surface area contributed by atoms with Crippen LogP contribution in [0.25, 0.3) is 0 Å². The maximum absolute atomic E-state index is 13.0. The summed E-state index contributed by atoms with van der Waals surface area (Å²) in [4.78, 5) is 35.7. The van der Waals surface area contributed by atoms with Gasteiger partial charge in [-0.15, -0.1) is 0 Å². The Labute approximate surface area is 198 Å². The molecule has 1 saturated carbocycles. The van der Waals surface area contributed by atoms with Gasteiger partial charge in [0.2, 0.25) is 21.9 Å². The quantitative estimate of drug-likeness (QED) is 0.460. The number of nitro groups is 1. The Hall–Kier alpha value is -3.12. The first-order valence-corrected chi connectivity index (χ1v) is 12.9. The van der Waals surface area contributed by atoms with Crippen LogP contribution in [0.3, 0.4) is 0 Å². The van der Waals surface area contributed by atoms with Crippen molar-refractivity contribution in [1.29, 1.82) is 0 Å². The molecular formula is C22H28N6O5S. The lowest BCUT2D eigenvalue weighted by Gasteiger charge is -2.37. The summed E-state index contributed by atoms with van der Waals surface area (Å²) in [5, 5.41) is 11.2. The van der Waals surface area contributed by atoms with Crippen LogP contribution < -0.4 is 9.62 Å². The number of rotatable bonds is 7. The van der Waals surface area contributed by atoms with Crippen LogP contribution in [0.2, 0.25) is 0 Å². The highest BCUT2D eigenvalue weighted by Gasteiger charge is 2.32. The molecule has 2 aliphatic rings. The minimum absolute atomic E-state index is 0.0532. The van der Waals surface area contributed by atoms with E-state index < -0.39 is 20.6 Å². The molecule has 12 heteroatoms. The van der Waals surface area contributed by atoms with Crippen LogP contribution in [0.5, 0.6) is 0 Å². The molecule has 0 unspecified atom stereocenters. The normalized spacial score (nSPS) is 21.3. The molecule has 0 spiro atoms. The fourth-order valence-electron chi connectivity index (χ4n) is 4.59. The molecule has 1 amide bonds. The number of nitrogens with zero attached hydrogens (tertiary/aromatic N) is 5. The second-order valence-corrected chi connectivity index (χ2v) is 10.4. The number of carbonyl (C=O) groups excluding carboxylic acids is 1. The predicted octanol–water partition coefficient (Wildman–Crippen LogP) is 1.82. The van der Waals surface area contributed by atoms with Crippen LogP contribution >= 0.6 is 0 Å². The van der Waals surface area contributed by atoms with Gasteiger partial charge >= 0.3 is 0 Å². The number of benzene rings is 1. The highest BCUT2D eigenvalue weighted by atomic mass is 32.2. The Balaban J connectivity index is 1.25. The number of nitrogens with one attached hydrogen (secondary N) is 1. The summed E-state index contributed by atoms with van der Waals surface area (Å²) in [6.07, 6.45) is 6.29. The first-order valence-electron chi connectivity index (χ1n) is 11.4. The minimum atomic E-state index is -3.99. The fraction of sp³-hybridized carbons (Fsp3) is 0.500. The molecule has 1 aliphatic carbocycles. The first kappa shape index (κ1) is 24.0. The van der Waals surface area contributed by atoms with Crippen molar-refractivity contribution in [3.05, 3.63) is 52.8 Å². The van der Waals surface area contributed by atoms with E-state index in [1.807, 2.05) is 4.90 Å². The topological polar surface area (TPSA) is 139 Å². The Bertz CT molecular complexity index is 1110. The fourth-order valence-corrected chi connectivity index (χ4v) is 5.88. The molecule has 2 fully saturated rings. The average molecular weight is 489 g/mol. The largest absolute Gasteiger partial charge is 0.339 e. The van der Waals surface area contributed by atoms with Crippen molar-refractivity contribution in [1.82, 2.24) is 19.6 Å². The smallest absolute Gasteiger partial charge is 0.289 e. The monoisotopic (exact) mass is 488 g/mol. The maximum Gasteiger partial charge on any atom is 0.289 e. The number of hydrogen-bond acceptors (Lipinski definition) is 8. The summed E-state index contributed by atoms with van der Waals surface area (Å²) in [6.45, 7) is 2.85. The molecule has 1 aromatic heterocycles. The van der Waals surface area contributed by atoms with E-state index in [1.54, 1.807) is 18.5 Å². The molecular weight excluding hydrogens is 460 g/mol. The molecule has 0 atom stereocenters. The predicted molar refractivity (Wildman–Crippen MR) is 125 cm³/mol. The molecule has 2 aromatic rings. The third kappa shape index (κ3) is 5.50. The molecule has 1 aromatic carbocycles. The molecule has 1 saturated heterocycles. The summed E-state index contributed by atoms with van der Waals surface area (Å²) >= 11 is 0.